The molecule has 0 spiro atoms. The number of hydrogen-bond donors (Lipinski definition) is 1. The van der Waals surface area contributed by atoms with Crippen molar-refractivity contribution in [2.24, 2.45) is 21.1 Å². The average molecular weight is 256 g/mol. The number of nitrogens with zero attached hydrogens (tertiary/aromatic N) is 6. The average Bonchev–Trinajstić information content (AvgIpc) is 3.22. The molecule has 0 aromatic carbocycles. The van der Waals surface area contributed by atoms with Crippen molar-refractivity contribution >= 4 is 11.8 Å². The van der Waals surface area contributed by atoms with Crippen LogP contribution in [0.15, 0.2) is 10.2 Å². The number of carboxylic acids is 1. The number of Topliss-reactive ketones (excluding diaryl/α,β-unsaturated/α-hetero) is 1. The van der Waals surface area contributed by atoms with E-state index in [4.69, 9.17) is 26.2 Å². The first-order valence-electron chi connectivity index (χ1n) is 4.74. The van der Waals surface area contributed by atoms with Crippen LogP contribution in [0.4, 0.5) is 0 Å². The minimum absolute atomic E-state index is 1.09. The molecule has 0 aromatic rings. The van der Waals surface area contributed by atoms with Gasteiger partial charge in [0, 0.05) is 0 Å². The van der Waals surface area contributed by atoms with E-state index in [1.54, 1.807) is 0 Å². The second-order valence-corrected chi connectivity index (χ2v) is 3.67. The molecule has 1 heterocycles. The molecular weight excluding hydrogens is 252 g/mol. The summed E-state index contributed by atoms with van der Waals surface area (Å²) in [6.45, 7) is 0. The van der Waals surface area contributed by atoms with Gasteiger partial charge in [-0.05, 0) is 0 Å². The lowest BCUT2D eigenvalue weighted by molar-refractivity contribution is -0.145. The first kappa shape index (κ1) is 13.8. The Kier molecular flexibility index (Phi) is 3.28. The molecular formula is C10H4N6O3. The van der Waals surface area contributed by atoms with E-state index < -0.39 is 35.2 Å². The Hall–Kier alpha value is -3.30. The molecule has 9 nitrogen and oxygen atoms in total. The van der Waals surface area contributed by atoms with E-state index in [0.717, 1.165) is 0 Å². The molecule has 0 saturated carbocycles. The zero-order chi connectivity index (χ0) is 14.7. The molecule has 0 amide bonds. The van der Waals surface area contributed by atoms with E-state index >= 15 is 0 Å². The first-order valence-corrected chi connectivity index (χ1v) is 4.74. The molecule has 9 heteroatoms. The van der Waals surface area contributed by atoms with Gasteiger partial charge in [-0.1, -0.05) is 0 Å². The van der Waals surface area contributed by atoms with Crippen molar-refractivity contribution in [3.63, 3.8) is 0 Å². The molecule has 0 unspecified atom stereocenters. The number of carboxylic acid groups (broad SMARTS) is 1. The zero-order valence-corrected chi connectivity index (χ0v) is 9.23. The quantitative estimate of drug-likeness (QED) is 0.713. The van der Waals surface area contributed by atoms with Gasteiger partial charge in [-0.3, -0.25) is 4.79 Å². The van der Waals surface area contributed by atoms with Gasteiger partial charge in [0.05, 0.1) is 30.7 Å². The molecule has 0 bridgehead atoms. The van der Waals surface area contributed by atoms with Crippen LogP contribution in [0.3, 0.4) is 0 Å². The summed E-state index contributed by atoms with van der Waals surface area (Å²) in [5.74, 6) is -2.99. The van der Waals surface area contributed by atoms with E-state index in [9.17, 15) is 9.59 Å². The van der Waals surface area contributed by atoms with E-state index in [1.807, 2.05) is 0 Å². The molecule has 0 saturated heterocycles. The number of carbonyl (C=O) groups is 2. The fourth-order valence-corrected chi connectivity index (χ4v) is 1.27. The van der Waals surface area contributed by atoms with Crippen molar-refractivity contribution < 1.29 is 14.7 Å². The number of hydrogen-bond acceptors (Lipinski definition) is 8. The third-order valence-electron chi connectivity index (χ3n) is 2.58. The summed E-state index contributed by atoms with van der Waals surface area (Å²) in [7, 11) is 0. The van der Waals surface area contributed by atoms with Gasteiger partial charge in [0.15, 0.2) is 5.78 Å². The highest BCUT2D eigenvalue weighted by Crippen LogP contribution is 2.37. The number of nitriles is 4. The van der Waals surface area contributed by atoms with Gasteiger partial charge in [0.1, 0.15) is 0 Å². The van der Waals surface area contributed by atoms with Crippen molar-refractivity contribution in [1.82, 2.24) is 0 Å². The fraction of sp³-hybridized carbons (Fsp3) is 0.400. The summed E-state index contributed by atoms with van der Waals surface area (Å²) in [6.07, 6.45) is -2.28. The number of aliphatic carboxylic acids is 1. The lowest BCUT2D eigenvalue weighted by atomic mass is 9.75. The van der Waals surface area contributed by atoms with Crippen molar-refractivity contribution in [1.29, 1.82) is 21.0 Å². The molecule has 0 atom stereocenters. The molecule has 1 rings (SSSR count). The Morgan fingerprint density at radius 3 is 1.79 bits per heavy atom. The third-order valence-corrected chi connectivity index (χ3v) is 2.58. The Labute approximate surface area is 106 Å². The molecule has 0 radical (unpaired) electrons. The van der Waals surface area contributed by atoms with Crippen LogP contribution in [0.1, 0.15) is 6.42 Å². The monoisotopic (exact) mass is 256 g/mol. The first-order chi connectivity index (χ1) is 8.92. The van der Waals surface area contributed by atoms with E-state index in [0.29, 0.717) is 0 Å². The van der Waals surface area contributed by atoms with Gasteiger partial charge in [0.25, 0.3) is 0 Å². The highest BCUT2D eigenvalue weighted by atomic mass is 16.4. The van der Waals surface area contributed by atoms with Crippen molar-refractivity contribution in [3.8, 4) is 24.3 Å². The second-order valence-electron chi connectivity index (χ2n) is 3.67. The zero-order valence-electron chi connectivity index (χ0n) is 9.23. The standard InChI is InChI=1S/C10H4N6O3/c11-2-9(3-12,8(18)19)1-6(17)10(4-13,5-14)7-15-16-7/h7H,1H2,(H,18,19). The fourth-order valence-electron chi connectivity index (χ4n) is 1.27. The summed E-state index contributed by atoms with van der Waals surface area (Å²) in [6, 6.07) is 5.28. The molecule has 0 aliphatic carbocycles. The van der Waals surface area contributed by atoms with Crippen molar-refractivity contribution in [2.75, 3.05) is 0 Å². The van der Waals surface area contributed by atoms with E-state index in [1.165, 1.54) is 24.3 Å². The maximum atomic E-state index is 11.9. The lowest BCUT2D eigenvalue weighted by Gasteiger charge is -2.17. The smallest absolute Gasteiger partial charge is 0.339 e. The van der Waals surface area contributed by atoms with Gasteiger partial charge >= 0.3 is 5.97 Å². The van der Waals surface area contributed by atoms with Crippen LogP contribution in [0.5, 0.6) is 0 Å². The predicted molar refractivity (Wildman–Crippen MR) is 53.2 cm³/mol. The number of ketones is 1. The molecule has 1 N–H and O–H groups in total. The molecule has 1 aliphatic heterocycles. The van der Waals surface area contributed by atoms with Crippen LogP contribution >= 0.6 is 0 Å². The summed E-state index contributed by atoms with van der Waals surface area (Å²) in [5, 5.41) is 50.8. The van der Waals surface area contributed by atoms with Crippen LogP contribution in [0.2, 0.25) is 0 Å². The van der Waals surface area contributed by atoms with Crippen LogP contribution < -0.4 is 0 Å². The third kappa shape index (κ3) is 1.97. The Morgan fingerprint density at radius 2 is 1.53 bits per heavy atom. The number of rotatable bonds is 5. The predicted octanol–water partition coefficient (Wildman–Crippen LogP) is -0.111. The van der Waals surface area contributed by atoms with Gasteiger partial charge in [-0.15, -0.1) is 0 Å². The molecule has 92 valence electrons. The summed E-state index contributed by atoms with van der Waals surface area (Å²) in [4.78, 5) is 22.8. The van der Waals surface area contributed by atoms with Gasteiger partial charge in [-0.2, -0.15) is 31.3 Å². The molecule has 1 aliphatic rings. The Bertz CT molecular complexity index is 604. The highest BCUT2D eigenvalue weighted by molar-refractivity contribution is 5.97. The number of carbonyl (C=O) groups excluding carboxylic acids is 1. The van der Waals surface area contributed by atoms with Crippen LogP contribution in [0, 0.1) is 56.2 Å². The summed E-state index contributed by atoms with van der Waals surface area (Å²) in [5.41, 5.74) is -4.92. The minimum Gasteiger partial charge on any atom is -0.479 e. The molecule has 19 heavy (non-hydrogen) atoms. The molecule has 0 fully saturated rings. The summed E-state index contributed by atoms with van der Waals surface area (Å²) < 4.78 is 0. The van der Waals surface area contributed by atoms with Crippen LogP contribution in [-0.2, 0) is 9.59 Å². The van der Waals surface area contributed by atoms with Crippen LogP contribution in [0.25, 0.3) is 0 Å². The topological polar surface area (TPSA) is 174 Å². The minimum atomic E-state index is -2.63. The SMILES string of the molecule is N#CC(C#N)(CC(=O)C(C#N)(C#N)C1N=N1)C(=O)O. The Balaban J connectivity index is 3.13. The van der Waals surface area contributed by atoms with Gasteiger partial charge in [-0.25, -0.2) is 4.79 Å². The highest BCUT2D eigenvalue weighted by Gasteiger charge is 2.56. The maximum Gasteiger partial charge on any atom is 0.339 e. The summed E-state index contributed by atoms with van der Waals surface area (Å²) >= 11 is 0. The molecule has 0 aromatic heterocycles. The van der Waals surface area contributed by atoms with Crippen molar-refractivity contribution in [3.05, 3.63) is 0 Å². The Morgan fingerprint density at radius 1 is 1.05 bits per heavy atom. The lowest BCUT2D eigenvalue weighted by Crippen LogP contribution is -2.40. The maximum absolute atomic E-state index is 11.9. The second kappa shape index (κ2) is 4.52. The van der Waals surface area contributed by atoms with Crippen molar-refractivity contribution in [2.45, 2.75) is 12.6 Å². The van der Waals surface area contributed by atoms with Crippen LogP contribution in [-0.4, -0.2) is 23.0 Å². The van der Waals surface area contributed by atoms with E-state index in [2.05, 4.69) is 10.2 Å². The van der Waals surface area contributed by atoms with E-state index in [-0.39, 0.29) is 0 Å². The largest absolute Gasteiger partial charge is 0.479 e. The normalized spacial score (nSPS) is 13.5. The van der Waals surface area contributed by atoms with Gasteiger partial charge in [0.2, 0.25) is 17.0 Å². The van der Waals surface area contributed by atoms with Gasteiger partial charge < -0.3 is 5.11 Å².